The average Bonchev–Trinajstić information content (AvgIpc) is 1.59. The van der Waals surface area contributed by atoms with Crippen molar-refractivity contribution < 1.29 is 95.7 Å². The molecule has 2 saturated heterocycles. The van der Waals surface area contributed by atoms with Crippen molar-refractivity contribution >= 4 is 140 Å². The van der Waals surface area contributed by atoms with Crippen LogP contribution in [0.25, 0.3) is 0 Å². The van der Waals surface area contributed by atoms with E-state index in [0.717, 1.165) is 80.2 Å². The second-order valence-corrected chi connectivity index (χ2v) is 26.4. The molecule has 0 bridgehead atoms. The molecular weight excluding hydrogens is 1630 g/mol. The first kappa shape index (κ1) is 85.1. The topological polar surface area (TPSA) is 260 Å². The van der Waals surface area contributed by atoms with E-state index < -0.39 is 142 Å². The lowest BCUT2D eigenvalue weighted by Gasteiger charge is -2.34. The molecule has 0 saturated carbocycles. The van der Waals surface area contributed by atoms with E-state index in [-0.39, 0.29) is 75.7 Å². The standard InChI is InChI=1S/C26H20Cl2F4N4O3.C24H16Cl2F4N4O3.C24H17Cl2F4N3O3/c1-33-24(36-7-2-8-36)14-3-5-17(20(29)9-14)21(37)12-18-19(10-16(28)11-22(18)39-26(30,31)32)25(38)35-23-6-4-15(27)13-34-23;25-13-2-4-21(32-11-13)33-23(36)17-8-14(26)9-20(37-24(28,29)30)16(17)10-19(35)15-3-1-12(7-18(15)27)22(31)34-5-6-34;1-12(31-2)13-3-5-16(19(27)7-13)20(34)10-17-18(8-15(26)9-21(17)36-24(28,29)30)23(35)33-22-6-4-14(25)11-32-22/h3-6,9-11,13H,2,7-8,12H2,1H3,(H,34,35,38);1-4,7-9,11,31H,5-6,10H2,(H,32,33,36);3-9,11H,10H2,1-2H3,(H,32,33,35). The Labute approximate surface area is 657 Å². The summed E-state index contributed by atoms with van der Waals surface area (Å²) in [6.45, 7) is 4.51. The van der Waals surface area contributed by atoms with Crippen molar-refractivity contribution in [3.05, 3.63) is 260 Å². The Hall–Kier alpha value is -10.9. The van der Waals surface area contributed by atoms with Crippen molar-refractivity contribution in [1.82, 2.24) is 24.8 Å². The van der Waals surface area contributed by atoms with Gasteiger partial charge in [0.25, 0.3) is 17.7 Å². The summed E-state index contributed by atoms with van der Waals surface area (Å²) in [4.78, 5) is 102. The van der Waals surface area contributed by atoms with E-state index in [4.69, 9.17) is 75.0 Å². The molecule has 2 fully saturated rings. The molecule has 0 radical (unpaired) electrons. The van der Waals surface area contributed by atoms with Crippen molar-refractivity contribution in [3.63, 3.8) is 0 Å². The summed E-state index contributed by atoms with van der Waals surface area (Å²) in [6.07, 6.45) is -13.2. The number of nitrogens with one attached hydrogen (secondary N) is 4. The van der Waals surface area contributed by atoms with Gasteiger partial charge in [0, 0.05) is 143 Å². The summed E-state index contributed by atoms with van der Waals surface area (Å²) >= 11 is 35.2. The Morgan fingerprint density at radius 1 is 0.420 bits per heavy atom. The molecule has 0 unspecified atom stereocenters. The maximum absolute atomic E-state index is 15.1. The molecule has 2 aliphatic heterocycles. The molecule has 5 heterocycles. The van der Waals surface area contributed by atoms with Crippen molar-refractivity contribution in [2.75, 3.05) is 56.2 Å². The van der Waals surface area contributed by atoms with Gasteiger partial charge < -0.3 is 40.0 Å². The Kier molecular flexibility index (Phi) is 27.7. The first-order valence-corrected chi connectivity index (χ1v) is 34.5. The van der Waals surface area contributed by atoms with Gasteiger partial charge in [0.2, 0.25) is 0 Å². The summed E-state index contributed by atoms with van der Waals surface area (Å²) in [7, 11) is 3.08. The lowest BCUT2D eigenvalue weighted by Crippen LogP contribution is -2.42. The molecule has 584 valence electrons. The van der Waals surface area contributed by atoms with Crippen LogP contribution in [0.2, 0.25) is 30.1 Å². The highest BCUT2D eigenvalue weighted by atomic mass is 35.5. The summed E-state index contributed by atoms with van der Waals surface area (Å²) in [5.74, 6) is -10.1. The van der Waals surface area contributed by atoms with Gasteiger partial charge in [-0.3, -0.25) is 44.2 Å². The van der Waals surface area contributed by atoms with Gasteiger partial charge in [-0.15, -0.1) is 39.5 Å². The van der Waals surface area contributed by atoms with Crippen LogP contribution in [0.5, 0.6) is 17.2 Å². The first-order valence-electron chi connectivity index (χ1n) is 32.2. The summed E-state index contributed by atoms with van der Waals surface area (Å²) in [5, 5.41) is 15.3. The number of ketones is 3. The molecule has 2 aliphatic rings. The third-order valence-corrected chi connectivity index (χ3v) is 17.4. The van der Waals surface area contributed by atoms with Gasteiger partial charge >= 0.3 is 19.1 Å². The molecular formula is C74H53Cl6F12N11O9. The van der Waals surface area contributed by atoms with Crippen molar-refractivity contribution in [2.24, 2.45) is 9.98 Å². The lowest BCUT2D eigenvalue weighted by molar-refractivity contribution is -0.275. The number of likely N-dealkylation sites (tertiary alicyclic amines) is 1. The van der Waals surface area contributed by atoms with Crippen LogP contribution < -0.4 is 30.2 Å². The van der Waals surface area contributed by atoms with Crippen LogP contribution >= 0.6 is 69.6 Å². The molecule has 3 amide bonds. The maximum atomic E-state index is 15.1. The minimum absolute atomic E-state index is 0.0282. The number of aromatic nitrogens is 3. The van der Waals surface area contributed by atoms with Crippen LogP contribution in [-0.2, 0) is 19.3 Å². The highest BCUT2D eigenvalue weighted by Gasteiger charge is 2.38. The third kappa shape index (κ3) is 23.3. The summed E-state index contributed by atoms with van der Waals surface area (Å²) in [6, 6.07) is 25.2. The number of amidine groups is 2. The highest BCUT2D eigenvalue weighted by Crippen LogP contribution is 2.38. The fraction of sp³-hybridized carbons (Fsp3) is 0.189. The number of alkyl halides is 9. The van der Waals surface area contributed by atoms with Gasteiger partial charge in [0.05, 0.1) is 31.8 Å². The second kappa shape index (κ2) is 36.5. The van der Waals surface area contributed by atoms with Gasteiger partial charge in [0.15, 0.2) is 17.3 Å². The summed E-state index contributed by atoms with van der Waals surface area (Å²) < 4.78 is 175. The van der Waals surface area contributed by atoms with Gasteiger partial charge in [-0.1, -0.05) is 87.8 Å². The number of hydrogen-bond acceptors (Lipinski definition) is 15. The van der Waals surface area contributed by atoms with E-state index in [9.17, 15) is 77.1 Å². The molecule has 9 aromatic rings. The van der Waals surface area contributed by atoms with E-state index in [0.29, 0.717) is 35.8 Å². The number of carbonyl (C=O) groups is 6. The van der Waals surface area contributed by atoms with Crippen LogP contribution in [0.4, 0.5) is 70.1 Å². The SMILES string of the molecule is CN=C(C)c1ccc(C(=O)Cc2c(OC(F)(F)F)cc(Cl)cc2C(=O)Nc2ccc(Cl)cn2)c(F)c1.CN=C(c1ccc(C(=O)Cc2c(OC(F)(F)F)cc(Cl)cc2C(=O)Nc2ccc(Cl)cn2)c(F)c1)N1CCC1.N=C(c1ccc(C(=O)Cc2c(OC(F)(F)F)cc(Cl)cc2C(=O)Nc2ccc(Cl)cn2)c(F)c1)N1CC1. The zero-order chi connectivity index (χ0) is 81.8. The van der Waals surface area contributed by atoms with Gasteiger partial charge in [-0.05, 0) is 128 Å². The van der Waals surface area contributed by atoms with Crippen LogP contribution in [-0.4, -0.2) is 137 Å². The fourth-order valence-corrected chi connectivity index (χ4v) is 11.6. The number of amides is 3. The quantitative estimate of drug-likeness (QED) is 0.0172. The molecule has 0 aliphatic carbocycles. The fourth-order valence-electron chi connectivity index (χ4n) is 10.6. The average molecular weight is 1680 g/mol. The predicted molar refractivity (Wildman–Crippen MR) is 394 cm³/mol. The number of nitrogens with zero attached hydrogens (tertiary/aromatic N) is 7. The smallest absolute Gasteiger partial charge is 0.405 e. The van der Waals surface area contributed by atoms with E-state index in [1.807, 2.05) is 4.90 Å². The molecule has 0 spiro atoms. The van der Waals surface area contributed by atoms with Crippen molar-refractivity contribution in [2.45, 2.75) is 51.7 Å². The van der Waals surface area contributed by atoms with E-state index in [1.54, 1.807) is 18.9 Å². The molecule has 38 heteroatoms. The van der Waals surface area contributed by atoms with Crippen LogP contribution in [0.1, 0.15) is 109 Å². The Morgan fingerprint density at radius 2 is 0.741 bits per heavy atom. The molecule has 112 heavy (non-hydrogen) atoms. The zero-order valence-electron chi connectivity index (χ0n) is 57.6. The number of benzene rings is 6. The van der Waals surface area contributed by atoms with E-state index in [2.05, 4.69) is 55.1 Å². The molecule has 4 N–H and O–H groups in total. The second-order valence-electron chi connectivity index (χ2n) is 23.8. The number of anilines is 3. The number of Topliss-reactive ketones (excluding diaryl/α,β-unsaturated/α-hetero) is 3. The minimum Gasteiger partial charge on any atom is -0.405 e. The predicted octanol–water partition coefficient (Wildman–Crippen LogP) is 18.5. The minimum atomic E-state index is -5.17. The lowest BCUT2D eigenvalue weighted by atomic mass is 9.96. The monoisotopic (exact) mass is 1680 g/mol. The van der Waals surface area contributed by atoms with Crippen LogP contribution in [0, 0.1) is 22.9 Å². The molecule has 20 nitrogen and oxygen atoms in total. The van der Waals surface area contributed by atoms with Gasteiger partial charge in [-0.2, -0.15) is 0 Å². The van der Waals surface area contributed by atoms with Gasteiger partial charge in [-0.25, -0.2) is 28.1 Å². The number of aliphatic imine (C=N–C) groups is 2. The number of carbonyl (C=O) groups excluding carboxylic acids is 6. The molecule has 0 atom stereocenters. The number of rotatable bonds is 21. The molecule has 6 aromatic carbocycles. The normalized spacial score (nSPS) is 12.8. The molecule has 3 aromatic heterocycles. The zero-order valence-corrected chi connectivity index (χ0v) is 62.2. The number of pyridine rings is 3. The van der Waals surface area contributed by atoms with Crippen LogP contribution in [0.15, 0.2) is 156 Å². The van der Waals surface area contributed by atoms with E-state index >= 15 is 4.39 Å². The highest BCUT2D eigenvalue weighted by molar-refractivity contribution is 6.33. The molecule has 11 rings (SSSR count). The Bertz CT molecular complexity index is 5190. The van der Waals surface area contributed by atoms with Gasteiger partial charge in [0.1, 0.15) is 63.8 Å². The van der Waals surface area contributed by atoms with Crippen molar-refractivity contribution in [1.29, 1.82) is 5.41 Å². The number of hydrogen-bond donors (Lipinski definition) is 4. The van der Waals surface area contributed by atoms with E-state index in [1.165, 1.54) is 92.4 Å². The largest absolute Gasteiger partial charge is 0.573 e. The summed E-state index contributed by atoms with van der Waals surface area (Å²) in [5.41, 5.74) is -2.08. The number of halogens is 18. The Balaban J connectivity index is 0.000000193. The number of ether oxygens (including phenoxy) is 3. The van der Waals surface area contributed by atoms with Crippen LogP contribution in [0.3, 0.4) is 0 Å². The first-order chi connectivity index (χ1) is 52.7. The Morgan fingerprint density at radius 3 is 1.02 bits per heavy atom. The third-order valence-electron chi connectivity index (χ3n) is 16.1. The van der Waals surface area contributed by atoms with Crippen molar-refractivity contribution in [3.8, 4) is 17.2 Å². The maximum Gasteiger partial charge on any atom is 0.573 e.